The van der Waals surface area contributed by atoms with E-state index in [1.165, 1.54) is 0 Å². The van der Waals surface area contributed by atoms with Crippen molar-refractivity contribution in [3.63, 3.8) is 0 Å². The molecule has 3 aromatic rings. The van der Waals surface area contributed by atoms with Crippen LogP contribution in [0.3, 0.4) is 0 Å². The Labute approximate surface area is 207 Å². The minimum absolute atomic E-state index is 0.0291. The lowest BCUT2D eigenvalue weighted by Gasteiger charge is -2.40. The topological polar surface area (TPSA) is 58.8 Å². The second-order valence-electron chi connectivity index (χ2n) is 8.84. The van der Waals surface area contributed by atoms with E-state index >= 15 is 0 Å². The average molecular weight is 554 g/mol. The zero-order chi connectivity index (χ0) is 23.3. The van der Waals surface area contributed by atoms with Crippen LogP contribution in [0.1, 0.15) is 11.1 Å². The molecule has 0 aliphatic carbocycles. The van der Waals surface area contributed by atoms with Gasteiger partial charge in [-0.25, -0.2) is 3.11 Å². The highest BCUT2D eigenvalue weighted by Crippen LogP contribution is 2.43. The molecule has 0 radical (unpaired) electrons. The average Bonchev–Trinajstić information content (AvgIpc) is 2.83. The van der Waals surface area contributed by atoms with Gasteiger partial charge in [0.1, 0.15) is 6.07 Å². The van der Waals surface area contributed by atoms with Crippen molar-refractivity contribution in [1.29, 1.82) is 5.26 Å². The van der Waals surface area contributed by atoms with E-state index in [0.29, 0.717) is 5.56 Å². The Hall–Kier alpha value is -2.77. The maximum absolute atomic E-state index is 12.5. The van der Waals surface area contributed by atoms with Gasteiger partial charge in [0.25, 0.3) is 5.56 Å². The van der Waals surface area contributed by atoms with E-state index in [9.17, 15) is 10.1 Å². The highest BCUT2D eigenvalue weighted by Gasteiger charge is 2.27. The standard InChI is InChI=1S/C25H27IN6O/c1-17-13-19-20(29(3)25(17)33)5-4-6-21(19)32-12-7-28(2)23-15-22(18(16-27)14-24(23)32)30-8-10-31(26)11-9-30/h4-6,13-15H,7-12H2,1-3H3. The van der Waals surface area contributed by atoms with Crippen LogP contribution in [0.5, 0.6) is 0 Å². The Kier molecular flexibility index (Phi) is 5.70. The maximum Gasteiger partial charge on any atom is 0.253 e. The fraction of sp³-hybridized carbons (Fsp3) is 0.360. The predicted molar refractivity (Wildman–Crippen MR) is 143 cm³/mol. The van der Waals surface area contributed by atoms with E-state index in [0.717, 1.165) is 78.5 Å². The first-order chi connectivity index (χ1) is 15.9. The maximum atomic E-state index is 12.5. The zero-order valence-corrected chi connectivity index (χ0v) is 21.3. The van der Waals surface area contributed by atoms with Gasteiger partial charge in [-0.1, -0.05) is 6.07 Å². The highest BCUT2D eigenvalue weighted by molar-refractivity contribution is 14.1. The van der Waals surface area contributed by atoms with Crippen molar-refractivity contribution >= 4 is 56.5 Å². The first-order valence-electron chi connectivity index (χ1n) is 11.2. The summed E-state index contributed by atoms with van der Waals surface area (Å²) in [4.78, 5) is 19.4. The second-order valence-corrected chi connectivity index (χ2v) is 10.2. The van der Waals surface area contributed by atoms with Crippen LogP contribution in [-0.2, 0) is 7.05 Å². The number of aromatic nitrogens is 1. The number of nitrogens with zero attached hydrogens (tertiary/aromatic N) is 6. The summed E-state index contributed by atoms with van der Waals surface area (Å²) in [5, 5.41) is 11.1. The normalized spacial score (nSPS) is 16.8. The fourth-order valence-electron chi connectivity index (χ4n) is 4.97. The van der Waals surface area contributed by atoms with Crippen LogP contribution in [0, 0.1) is 18.3 Å². The Morgan fingerprint density at radius 1 is 0.909 bits per heavy atom. The summed E-state index contributed by atoms with van der Waals surface area (Å²) in [5.74, 6) is 0. The molecule has 1 fully saturated rings. The molecule has 0 amide bonds. The summed E-state index contributed by atoms with van der Waals surface area (Å²) in [6, 6.07) is 14.8. The summed E-state index contributed by atoms with van der Waals surface area (Å²) in [7, 11) is 3.95. The number of aryl methyl sites for hydroxylation is 2. The number of nitriles is 1. The van der Waals surface area contributed by atoms with Crippen LogP contribution < -0.4 is 20.3 Å². The third-order valence-corrected chi connectivity index (χ3v) is 7.82. The minimum Gasteiger partial charge on any atom is -0.371 e. The van der Waals surface area contributed by atoms with Gasteiger partial charge in [0.2, 0.25) is 0 Å². The predicted octanol–water partition coefficient (Wildman–Crippen LogP) is 3.78. The monoisotopic (exact) mass is 554 g/mol. The molecule has 8 heteroatoms. The molecule has 0 spiro atoms. The van der Waals surface area contributed by atoms with Crippen LogP contribution >= 0.6 is 22.9 Å². The quantitative estimate of drug-likeness (QED) is 0.355. The van der Waals surface area contributed by atoms with Gasteiger partial charge in [-0.2, -0.15) is 5.26 Å². The Morgan fingerprint density at radius 3 is 2.39 bits per heavy atom. The summed E-state index contributed by atoms with van der Waals surface area (Å²) in [6.45, 7) is 7.35. The molecule has 0 unspecified atom stereocenters. The first kappa shape index (κ1) is 22.0. The number of piperazine rings is 1. The fourth-order valence-corrected chi connectivity index (χ4v) is 5.40. The molecule has 0 atom stereocenters. The van der Waals surface area contributed by atoms with Gasteiger partial charge < -0.3 is 19.3 Å². The van der Waals surface area contributed by atoms with Gasteiger partial charge in [0.05, 0.1) is 33.8 Å². The number of likely N-dealkylation sites (N-methyl/N-ethyl adjacent to an activating group) is 1. The lowest BCUT2D eigenvalue weighted by molar-refractivity contribution is 0.460. The molecule has 1 saturated heterocycles. The van der Waals surface area contributed by atoms with E-state index in [1.54, 1.807) is 4.57 Å². The van der Waals surface area contributed by atoms with Gasteiger partial charge in [0.15, 0.2) is 0 Å². The van der Waals surface area contributed by atoms with Gasteiger partial charge in [0, 0.05) is 87.2 Å². The van der Waals surface area contributed by atoms with Crippen molar-refractivity contribution < 1.29 is 0 Å². The van der Waals surface area contributed by atoms with Crippen LogP contribution in [0.15, 0.2) is 41.2 Å². The SMILES string of the molecule is Cc1cc2c(N3CCN(C)c4cc(N5CCN(I)CC5)c(C#N)cc43)cccc2n(C)c1=O. The van der Waals surface area contributed by atoms with Crippen LogP contribution in [0.4, 0.5) is 22.7 Å². The lowest BCUT2D eigenvalue weighted by Crippen LogP contribution is -2.43. The van der Waals surface area contributed by atoms with Gasteiger partial charge in [-0.05, 0) is 37.3 Å². The molecule has 0 bridgehead atoms. The molecule has 170 valence electrons. The number of rotatable bonds is 2. The van der Waals surface area contributed by atoms with Gasteiger partial charge >= 0.3 is 0 Å². The van der Waals surface area contributed by atoms with Gasteiger partial charge in [-0.3, -0.25) is 4.79 Å². The number of pyridine rings is 1. The van der Waals surface area contributed by atoms with Gasteiger partial charge in [-0.15, -0.1) is 0 Å². The third-order valence-electron chi connectivity index (χ3n) is 6.86. The second kappa shape index (κ2) is 8.54. The largest absolute Gasteiger partial charge is 0.371 e. The van der Waals surface area contributed by atoms with Crippen molar-refractivity contribution in [2.45, 2.75) is 6.92 Å². The van der Waals surface area contributed by atoms with Crippen molar-refractivity contribution in [2.75, 3.05) is 61.0 Å². The molecule has 2 aliphatic heterocycles. The number of benzene rings is 2. The van der Waals surface area contributed by atoms with E-state index in [-0.39, 0.29) is 5.56 Å². The van der Waals surface area contributed by atoms with E-state index in [1.807, 2.05) is 38.2 Å². The van der Waals surface area contributed by atoms with E-state index < -0.39 is 0 Å². The number of anilines is 4. The molecule has 0 N–H and O–H groups in total. The number of fused-ring (bicyclic) bond motifs is 2. The number of halogens is 1. The molecule has 2 aliphatic rings. The van der Waals surface area contributed by atoms with Crippen molar-refractivity contribution in [3.8, 4) is 6.07 Å². The number of hydrogen-bond acceptors (Lipinski definition) is 6. The van der Waals surface area contributed by atoms with Crippen molar-refractivity contribution in [1.82, 2.24) is 7.68 Å². The minimum atomic E-state index is 0.0291. The molecular weight excluding hydrogens is 527 g/mol. The number of hydrogen-bond donors (Lipinski definition) is 0. The van der Waals surface area contributed by atoms with E-state index in [2.05, 4.69) is 65.9 Å². The summed E-state index contributed by atoms with van der Waals surface area (Å²) in [5.41, 5.74) is 6.63. The smallest absolute Gasteiger partial charge is 0.253 e. The van der Waals surface area contributed by atoms with Crippen LogP contribution in [0.2, 0.25) is 0 Å². The molecule has 0 saturated carbocycles. The van der Waals surface area contributed by atoms with Crippen LogP contribution in [-0.4, -0.2) is 54.0 Å². The van der Waals surface area contributed by atoms with E-state index in [4.69, 9.17) is 0 Å². The summed E-state index contributed by atoms with van der Waals surface area (Å²) >= 11 is 2.37. The van der Waals surface area contributed by atoms with Crippen molar-refractivity contribution in [3.05, 3.63) is 57.9 Å². The molecule has 2 aromatic carbocycles. The first-order valence-corrected chi connectivity index (χ1v) is 12.2. The zero-order valence-electron chi connectivity index (χ0n) is 19.2. The van der Waals surface area contributed by atoms with Crippen molar-refractivity contribution in [2.24, 2.45) is 7.05 Å². The molecule has 7 nitrogen and oxygen atoms in total. The molecular formula is C25H27IN6O. The summed E-state index contributed by atoms with van der Waals surface area (Å²) in [6.07, 6.45) is 0. The summed E-state index contributed by atoms with van der Waals surface area (Å²) < 4.78 is 4.02. The molecule has 5 rings (SSSR count). The third kappa shape index (κ3) is 3.73. The molecule has 33 heavy (non-hydrogen) atoms. The Morgan fingerprint density at radius 2 is 1.67 bits per heavy atom. The highest BCUT2D eigenvalue weighted by atomic mass is 127. The Bertz CT molecular complexity index is 1340. The lowest BCUT2D eigenvalue weighted by atomic mass is 10.0. The Balaban J connectivity index is 1.66. The van der Waals surface area contributed by atoms with Crippen LogP contribution in [0.25, 0.3) is 10.9 Å². The molecule has 1 aromatic heterocycles. The molecule has 3 heterocycles.